The van der Waals surface area contributed by atoms with Crippen LogP contribution in [0.5, 0.6) is 0 Å². The minimum Gasteiger partial charge on any atom is -0.374 e. The molecular weight excluding hydrogens is 236 g/mol. The molecule has 3 aromatic rings. The highest BCUT2D eigenvalue weighted by atomic mass is 15.1. The molecule has 1 N–H and O–H groups in total. The Balaban J connectivity index is 2.59. The molecule has 19 heavy (non-hydrogen) atoms. The Hall–Kier alpha value is -2.54. The molecule has 0 saturated carbocycles. The fourth-order valence-corrected chi connectivity index (χ4v) is 2.44. The third kappa shape index (κ3) is 1.55. The van der Waals surface area contributed by atoms with Crippen molar-refractivity contribution in [3.63, 3.8) is 0 Å². The number of pyridine rings is 1. The van der Waals surface area contributed by atoms with Crippen LogP contribution in [0.3, 0.4) is 0 Å². The van der Waals surface area contributed by atoms with Gasteiger partial charge in [-0.15, -0.1) is 0 Å². The number of nitrogens with one attached hydrogen (secondary N) is 1. The summed E-state index contributed by atoms with van der Waals surface area (Å²) in [6.45, 7) is 3.98. The molecule has 1 aromatic carbocycles. The van der Waals surface area contributed by atoms with E-state index in [0.717, 1.165) is 28.0 Å². The first-order chi connectivity index (χ1) is 9.15. The number of benzene rings is 1. The Labute approximate surface area is 111 Å². The lowest BCUT2D eigenvalue weighted by Gasteiger charge is -2.09. The Morgan fingerprint density at radius 2 is 2.05 bits per heavy atom. The van der Waals surface area contributed by atoms with Crippen molar-refractivity contribution in [2.75, 3.05) is 12.4 Å². The molecule has 3 rings (SSSR count). The predicted molar refractivity (Wildman–Crippen MR) is 76.4 cm³/mol. The Morgan fingerprint density at radius 1 is 1.26 bits per heavy atom. The molecule has 0 spiro atoms. The Bertz CT molecular complexity index is 837. The number of aryl methyl sites for hydroxylation is 2. The largest absolute Gasteiger partial charge is 0.374 e. The second kappa shape index (κ2) is 3.99. The molecule has 0 radical (unpaired) electrons. The quantitative estimate of drug-likeness (QED) is 0.722. The van der Waals surface area contributed by atoms with E-state index < -0.39 is 0 Å². The molecule has 0 bridgehead atoms. The maximum absolute atomic E-state index is 9.34. The van der Waals surface area contributed by atoms with E-state index in [0.29, 0.717) is 11.2 Å². The topological polar surface area (TPSA) is 53.1 Å². The maximum Gasteiger partial charge on any atom is 0.157 e. The summed E-state index contributed by atoms with van der Waals surface area (Å²) in [4.78, 5) is 4.62. The minimum absolute atomic E-state index is 0.632. The monoisotopic (exact) mass is 250 g/mol. The van der Waals surface area contributed by atoms with Gasteiger partial charge in [0.2, 0.25) is 0 Å². The summed E-state index contributed by atoms with van der Waals surface area (Å²) in [6.07, 6.45) is 0. The van der Waals surface area contributed by atoms with Crippen LogP contribution in [-0.2, 0) is 0 Å². The summed E-state index contributed by atoms with van der Waals surface area (Å²) >= 11 is 0. The van der Waals surface area contributed by atoms with Crippen molar-refractivity contribution in [2.24, 2.45) is 0 Å². The highest BCUT2D eigenvalue weighted by molar-refractivity contribution is 5.85. The van der Waals surface area contributed by atoms with Crippen LogP contribution in [0.15, 0.2) is 24.3 Å². The van der Waals surface area contributed by atoms with Crippen molar-refractivity contribution in [3.05, 3.63) is 41.0 Å². The standard InChI is InChI=1S/C15H14N4/c1-9-4-5-13-12(6-9)18-15-11(8-16)10(2)7-14(17-3)19(13)15/h4-7,17H,1-3H3. The van der Waals surface area contributed by atoms with Crippen LogP contribution >= 0.6 is 0 Å². The van der Waals surface area contributed by atoms with Gasteiger partial charge in [-0.3, -0.25) is 4.40 Å². The number of nitriles is 1. The summed E-state index contributed by atoms with van der Waals surface area (Å²) in [6, 6.07) is 10.4. The van der Waals surface area contributed by atoms with Crippen molar-refractivity contribution in [3.8, 4) is 6.07 Å². The van der Waals surface area contributed by atoms with Crippen LogP contribution in [0.1, 0.15) is 16.7 Å². The van der Waals surface area contributed by atoms with Gasteiger partial charge in [0, 0.05) is 7.05 Å². The van der Waals surface area contributed by atoms with Gasteiger partial charge >= 0.3 is 0 Å². The zero-order chi connectivity index (χ0) is 13.6. The van der Waals surface area contributed by atoms with Crippen LogP contribution in [0.25, 0.3) is 16.7 Å². The predicted octanol–water partition coefficient (Wildman–Crippen LogP) is 3.02. The molecular formula is C15H14N4. The van der Waals surface area contributed by atoms with E-state index >= 15 is 0 Å². The van der Waals surface area contributed by atoms with E-state index in [2.05, 4.69) is 22.4 Å². The zero-order valence-corrected chi connectivity index (χ0v) is 11.2. The van der Waals surface area contributed by atoms with Crippen LogP contribution in [0.2, 0.25) is 0 Å². The van der Waals surface area contributed by atoms with Crippen molar-refractivity contribution in [1.82, 2.24) is 9.38 Å². The van der Waals surface area contributed by atoms with Crippen LogP contribution in [-0.4, -0.2) is 16.4 Å². The summed E-state index contributed by atoms with van der Waals surface area (Å²) in [5.74, 6) is 0.942. The molecule has 0 unspecified atom stereocenters. The van der Waals surface area contributed by atoms with E-state index in [9.17, 15) is 5.26 Å². The van der Waals surface area contributed by atoms with E-state index in [1.165, 1.54) is 0 Å². The lowest BCUT2D eigenvalue weighted by molar-refractivity contribution is 1.18. The molecule has 0 fully saturated rings. The summed E-state index contributed by atoms with van der Waals surface area (Å²) in [5.41, 5.74) is 5.38. The molecule has 0 atom stereocenters. The maximum atomic E-state index is 9.34. The van der Waals surface area contributed by atoms with Gasteiger partial charge in [0.05, 0.1) is 16.6 Å². The first-order valence-electron chi connectivity index (χ1n) is 6.16. The van der Waals surface area contributed by atoms with Crippen molar-refractivity contribution >= 4 is 22.5 Å². The van der Waals surface area contributed by atoms with Gasteiger partial charge in [0.1, 0.15) is 11.9 Å². The minimum atomic E-state index is 0.632. The fraction of sp³-hybridized carbons (Fsp3) is 0.200. The highest BCUT2D eigenvalue weighted by Crippen LogP contribution is 2.26. The number of fused-ring (bicyclic) bond motifs is 3. The fourth-order valence-electron chi connectivity index (χ4n) is 2.44. The van der Waals surface area contributed by atoms with Crippen molar-refractivity contribution in [2.45, 2.75) is 13.8 Å². The molecule has 0 amide bonds. The van der Waals surface area contributed by atoms with E-state index in [4.69, 9.17) is 0 Å². The zero-order valence-electron chi connectivity index (χ0n) is 11.2. The van der Waals surface area contributed by atoms with Gasteiger partial charge in [-0.25, -0.2) is 4.98 Å². The third-order valence-electron chi connectivity index (χ3n) is 3.39. The number of aromatic nitrogens is 2. The molecule has 94 valence electrons. The number of imidazole rings is 1. The average molecular weight is 250 g/mol. The Morgan fingerprint density at radius 3 is 2.74 bits per heavy atom. The first-order valence-corrected chi connectivity index (χ1v) is 6.16. The van der Waals surface area contributed by atoms with Crippen molar-refractivity contribution < 1.29 is 0 Å². The number of anilines is 1. The summed E-state index contributed by atoms with van der Waals surface area (Å²) in [5, 5.41) is 12.5. The molecule has 0 aliphatic heterocycles. The van der Waals surface area contributed by atoms with E-state index in [1.807, 2.05) is 43.5 Å². The Kier molecular flexibility index (Phi) is 2.42. The summed E-state index contributed by atoms with van der Waals surface area (Å²) in [7, 11) is 1.88. The van der Waals surface area contributed by atoms with Crippen LogP contribution in [0, 0.1) is 25.2 Å². The molecule has 4 nitrogen and oxygen atoms in total. The van der Waals surface area contributed by atoms with E-state index in [-0.39, 0.29) is 0 Å². The third-order valence-corrected chi connectivity index (χ3v) is 3.39. The second-order valence-electron chi connectivity index (χ2n) is 4.71. The normalized spacial score (nSPS) is 10.8. The van der Waals surface area contributed by atoms with Crippen LogP contribution < -0.4 is 5.32 Å². The SMILES string of the molecule is CNc1cc(C)c(C#N)c2nc3cc(C)ccc3n12. The van der Waals surface area contributed by atoms with Gasteiger partial charge in [0.25, 0.3) is 0 Å². The average Bonchev–Trinajstić information content (AvgIpc) is 2.75. The van der Waals surface area contributed by atoms with Crippen LogP contribution in [0.4, 0.5) is 5.82 Å². The molecule has 0 aliphatic carbocycles. The molecule has 0 saturated heterocycles. The van der Waals surface area contributed by atoms with E-state index in [1.54, 1.807) is 0 Å². The summed E-state index contributed by atoms with van der Waals surface area (Å²) < 4.78 is 2.00. The lowest BCUT2D eigenvalue weighted by Crippen LogP contribution is -2.01. The number of hydrogen-bond donors (Lipinski definition) is 1. The molecule has 4 heteroatoms. The number of nitrogens with zero attached hydrogens (tertiary/aromatic N) is 3. The first kappa shape index (κ1) is 11.5. The van der Waals surface area contributed by atoms with Crippen molar-refractivity contribution in [1.29, 1.82) is 5.26 Å². The smallest absolute Gasteiger partial charge is 0.157 e. The second-order valence-corrected chi connectivity index (χ2v) is 4.71. The lowest BCUT2D eigenvalue weighted by atomic mass is 10.1. The van der Waals surface area contributed by atoms with Gasteiger partial charge in [-0.1, -0.05) is 6.07 Å². The number of hydrogen-bond acceptors (Lipinski definition) is 3. The van der Waals surface area contributed by atoms with Gasteiger partial charge in [-0.05, 0) is 43.2 Å². The van der Waals surface area contributed by atoms with Gasteiger partial charge in [0.15, 0.2) is 5.65 Å². The molecule has 0 aliphatic rings. The highest BCUT2D eigenvalue weighted by Gasteiger charge is 2.14. The molecule has 2 aromatic heterocycles. The molecule has 2 heterocycles. The van der Waals surface area contributed by atoms with Gasteiger partial charge in [-0.2, -0.15) is 5.26 Å². The number of rotatable bonds is 1. The van der Waals surface area contributed by atoms with Gasteiger partial charge < -0.3 is 5.32 Å².